The molecule has 0 aromatic carbocycles. The van der Waals surface area contributed by atoms with E-state index in [0.29, 0.717) is 25.9 Å². The van der Waals surface area contributed by atoms with Crippen molar-refractivity contribution in [3.63, 3.8) is 0 Å². The van der Waals surface area contributed by atoms with Gasteiger partial charge in [-0.2, -0.15) is 4.31 Å². The molecule has 0 saturated carbocycles. The molecule has 0 bridgehead atoms. The van der Waals surface area contributed by atoms with Gasteiger partial charge in [-0.15, -0.1) is 11.3 Å². The number of hydrogen-bond acceptors (Lipinski definition) is 7. The maximum absolute atomic E-state index is 13.5. The van der Waals surface area contributed by atoms with Crippen molar-refractivity contribution in [1.29, 1.82) is 0 Å². The Hall–Kier alpha value is -2.47. The average molecular weight is 507 g/mol. The van der Waals surface area contributed by atoms with Crippen LogP contribution in [0.5, 0.6) is 5.75 Å². The van der Waals surface area contributed by atoms with Gasteiger partial charge in [0.05, 0.1) is 25.3 Å². The monoisotopic (exact) mass is 506 g/mol. The number of rotatable bonds is 8. The van der Waals surface area contributed by atoms with Gasteiger partial charge in [-0.25, -0.2) is 13.4 Å². The van der Waals surface area contributed by atoms with Gasteiger partial charge in [0.2, 0.25) is 0 Å². The van der Waals surface area contributed by atoms with E-state index in [1.54, 1.807) is 6.20 Å². The highest BCUT2D eigenvalue weighted by atomic mass is 32.2. The van der Waals surface area contributed by atoms with E-state index in [1.165, 1.54) is 16.8 Å². The van der Waals surface area contributed by atoms with E-state index in [9.17, 15) is 18.3 Å². The summed E-state index contributed by atoms with van der Waals surface area (Å²) in [5.41, 5.74) is 2.16. The number of aliphatic hydroxyl groups excluding tert-OH is 1. The second-order valence-electron chi connectivity index (χ2n) is 8.80. The molecule has 184 valence electrons. The SMILES string of the molecule is COc1c(C(=O)N[C@@H](CO)C(C)C)csc1S(=O)(=O)N1CCC(c2c[nH]c3ncccc23)CC1. The van der Waals surface area contributed by atoms with E-state index in [1.807, 2.05) is 32.2 Å². The Morgan fingerprint density at radius 2 is 2.12 bits per heavy atom. The number of piperidine rings is 1. The Labute approximate surface area is 203 Å². The number of methoxy groups -OCH3 is 1. The molecule has 4 heterocycles. The number of sulfonamides is 1. The Bertz CT molecular complexity index is 1260. The Kier molecular flexibility index (Phi) is 7.27. The van der Waals surface area contributed by atoms with E-state index in [2.05, 4.69) is 15.3 Å². The minimum Gasteiger partial charge on any atom is -0.494 e. The largest absolute Gasteiger partial charge is 0.494 e. The first kappa shape index (κ1) is 24.6. The number of thiophene rings is 1. The fourth-order valence-electron chi connectivity index (χ4n) is 4.37. The van der Waals surface area contributed by atoms with Crippen LogP contribution in [0.1, 0.15) is 48.5 Å². The van der Waals surface area contributed by atoms with Gasteiger partial charge in [-0.05, 0) is 42.4 Å². The van der Waals surface area contributed by atoms with Crippen molar-refractivity contribution in [1.82, 2.24) is 19.6 Å². The molecule has 4 rings (SSSR count). The third-order valence-electron chi connectivity index (χ3n) is 6.43. The molecule has 1 saturated heterocycles. The molecule has 3 aromatic heterocycles. The van der Waals surface area contributed by atoms with E-state index < -0.39 is 22.0 Å². The van der Waals surface area contributed by atoms with E-state index in [-0.39, 0.29) is 34.0 Å². The second kappa shape index (κ2) is 10.0. The summed E-state index contributed by atoms with van der Waals surface area (Å²) >= 11 is 0.982. The van der Waals surface area contributed by atoms with E-state index >= 15 is 0 Å². The average Bonchev–Trinajstić information content (AvgIpc) is 3.47. The molecule has 0 aliphatic carbocycles. The summed E-state index contributed by atoms with van der Waals surface area (Å²) in [7, 11) is -2.46. The molecule has 1 fully saturated rings. The van der Waals surface area contributed by atoms with Crippen molar-refractivity contribution < 1.29 is 23.1 Å². The van der Waals surface area contributed by atoms with Crippen molar-refractivity contribution in [2.45, 2.75) is 42.9 Å². The van der Waals surface area contributed by atoms with Crippen LogP contribution in [-0.4, -0.2) is 66.6 Å². The van der Waals surface area contributed by atoms with Crippen LogP contribution < -0.4 is 10.1 Å². The minimum atomic E-state index is -3.83. The first-order chi connectivity index (χ1) is 16.3. The summed E-state index contributed by atoms with van der Waals surface area (Å²) in [5, 5.41) is 14.9. The van der Waals surface area contributed by atoms with Gasteiger partial charge >= 0.3 is 0 Å². The van der Waals surface area contributed by atoms with Crippen molar-refractivity contribution in [3.05, 3.63) is 41.0 Å². The van der Waals surface area contributed by atoms with Crippen molar-refractivity contribution in [2.75, 3.05) is 26.8 Å². The smallest absolute Gasteiger partial charge is 0.256 e. The minimum absolute atomic E-state index is 0.0241. The van der Waals surface area contributed by atoms with E-state index in [4.69, 9.17) is 4.74 Å². The molecule has 3 N–H and O–H groups in total. The van der Waals surface area contributed by atoms with Crippen LogP contribution in [0.15, 0.2) is 34.1 Å². The molecule has 0 spiro atoms. The predicted molar refractivity (Wildman–Crippen MR) is 131 cm³/mol. The van der Waals surface area contributed by atoms with Crippen LogP contribution in [0.2, 0.25) is 0 Å². The molecule has 34 heavy (non-hydrogen) atoms. The highest BCUT2D eigenvalue weighted by Crippen LogP contribution is 2.39. The van der Waals surface area contributed by atoms with Crippen LogP contribution >= 0.6 is 11.3 Å². The normalized spacial score (nSPS) is 16.7. The molecule has 1 atom stereocenters. The van der Waals surface area contributed by atoms with Gasteiger partial charge in [0.25, 0.3) is 15.9 Å². The third kappa shape index (κ3) is 4.57. The van der Waals surface area contributed by atoms with Crippen LogP contribution in [0.3, 0.4) is 0 Å². The first-order valence-corrected chi connectivity index (χ1v) is 13.6. The van der Waals surface area contributed by atoms with Gasteiger partial charge in [-0.3, -0.25) is 4.79 Å². The lowest BCUT2D eigenvalue weighted by molar-refractivity contribution is 0.0894. The molecule has 1 amide bonds. The highest BCUT2D eigenvalue weighted by molar-refractivity contribution is 7.91. The van der Waals surface area contributed by atoms with Gasteiger partial charge in [0.1, 0.15) is 5.65 Å². The molecule has 3 aromatic rings. The van der Waals surface area contributed by atoms with E-state index in [0.717, 1.165) is 27.9 Å². The third-order valence-corrected chi connectivity index (χ3v) is 9.80. The molecular weight excluding hydrogens is 476 g/mol. The molecule has 1 aliphatic rings. The number of carbonyl (C=O) groups excluding carboxylic acids is 1. The second-order valence-corrected chi connectivity index (χ2v) is 11.8. The Morgan fingerprint density at radius 3 is 2.76 bits per heavy atom. The number of aromatic amines is 1. The number of amides is 1. The van der Waals surface area contributed by atoms with Crippen LogP contribution in [0.25, 0.3) is 11.0 Å². The summed E-state index contributed by atoms with van der Waals surface area (Å²) < 4.78 is 33.8. The number of pyridine rings is 1. The number of fused-ring (bicyclic) bond motifs is 1. The topological polar surface area (TPSA) is 125 Å². The van der Waals surface area contributed by atoms with Crippen LogP contribution in [0, 0.1) is 5.92 Å². The summed E-state index contributed by atoms with van der Waals surface area (Å²) in [6, 6.07) is 3.50. The van der Waals surface area contributed by atoms with Gasteiger partial charge < -0.3 is 20.1 Å². The van der Waals surface area contributed by atoms with Gasteiger partial charge in [-0.1, -0.05) is 13.8 Å². The lowest BCUT2D eigenvalue weighted by atomic mass is 9.90. The number of H-pyrrole nitrogens is 1. The van der Waals surface area contributed by atoms with Crippen molar-refractivity contribution in [2.24, 2.45) is 5.92 Å². The van der Waals surface area contributed by atoms with Crippen molar-refractivity contribution >= 4 is 38.3 Å². The van der Waals surface area contributed by atoms with Crippen LogP contribution in [-0.2, 0) is 10.0 Å². The van der Waals surface area contributed by atoms with Gasteiger partial charge in [0, 0.05) is 36.2 Å². The molecule has 0 radical (unpaired) electrons. The quantitative estimate of drug-likeness (QED) is 0.431. The molecule has 9 nitrogen and oxygen atoms in total. The molecule has 11 heteroatoms. The first-order valence-electron chi connectivity index (χ1n) is 11.3. The molecule has 1 aliphatic heterocycles. The number of nitrogens with one attached hydrogen (secondary N) is 2. The summed E-state index contributed by atoms with van der Waals surface area (Å²) in [6.45, 7) is 4.32. The standard InChI is InChI=1S/C23H30N4O5S2/c1-14(2)19(12-28)26-22(29)18-13-33-23(20(18)32-3)34(30,31)27-9-6-15(7-10-27)17-11-25-21-16(17)5-4-8-24-21/h4-5,8,11,13-15,19,28H,6-7,9-10,12H2,1-3H3,(H,24,25)(H,26,29)/t19-/m0/s1. The lowest BCUT2D eigenvalue weighted by Crippen LogP contribution is -2.41. The summed E-state index contributed by atoms with van der Waals surface area (Å²) in [5.74, 6) is -0.153. The fraction of sp³-hybridized carbons (Fsp3) is 0.478. The maximum atomic E-state index is 13.5. The number of carbonyl (C=O) groups is 1. The van der Waals surface area contributed by atoms with Gasteiger partial charge in [0.15, 0.2) is 9.96 Å². The zero-order valence-electron chi connectivity index (χ0n) is 19.4. The number of aliphatic hydroxyl groups is 1. The summed E-state index contributed by atoms with van der Waals surface area (Å²) in [6.07, 6.45) is 5.09. The zero-order valence-corrected chi connectivity index (χ0v) is 21.1. The maximum Gasteiger partial charge on any atom is 0.256 e. The number of ether oxygens (including phenoxy) is 1. The number of aromatic nitrogens is 2. The molecular formula is C23H30N4O5S2. The van der Waals surface area contributed by atoms with Crippen LogP contribution in [0.4, 0.5) is 0 Å². The number of hydrogen-bond donors (Lipinski definition) is 3. The van der Waals surface area contributed by atoms with Crippen molar-refractivity contribution in [3.8, 4) is 5.75 Å². The molecule has 0 unspecified atom stereocenters. The fourth-order valence-corrected chi connectivity index (χ4v) is 7.41. The summed E-state index contributed by atoms with van der Waals surface area (Å²) in [4.78, 5) is 20.3. The highest BCUT2D eigenvalue weighted by Gasteiger charge is 2.36. The Morgan fingerprint density at radius 1 is 1.38 bits per heavy atom. The zero-order chi connectivity index (χ0) is 24.5. The lowest BCUT2D eigenvalue weighted by Gasteiger charge is -2.31. The predicted octanol–water partition coefficient (Wildman–Crippen LogP) is 2.95. The number of nitrogens with zero attached hydrogens (tertiary/aromatic N) is 2. The Balaban J connectivity index is 1.51.